The number of rotatable bonds is 7. The summed E-state index contributed by atoms with van der Waals surface area (Å²) in [5.41, 5.74) is 3.08. The molecule has 0 aliphatic heterocycles. The van der Waals surface area contributed by atoms with Gasteiger partial charge in [0.2, 0.25) is 0 Å². The van der Waals surface area contributed by atoms with Crippen molar-refractivity contribution in [3.63, 3.8) is 0 Å². The lowest BCUT2D eigenvalue weighted by atomic mass is 10.1. The molecule has 1 aromatic carbocycles. The Hall–Kier alpha value is -1.08. The quantitative estimate of drug-likeness (QED) is 0.557. The van der Waals surface area contributed by atoms with Crippen LogP contribution >= 0.6 is 0 Å². The fourth-order valence-electron chi connectivity index (χ4n) is 2.60. The first kappa shape index (κ1) is 12.4. The molecular formula is C16H23N. The fraction of sp³-hybridized carbons (Fsp3) is 0.500. The first-order valence-electron chi connectivity index (χ1n) is 6.81. The highest BCUT2D eigenvalue weighted by Crippen LogP contribution is 2.21. The minimum atomic E-state index is 0.673. The molecule has 0 fully saturated rings. The van der Waals surface area contributed by atoms with Gasteiger partial charge in [-0.15, -0.1) is 6.58 Å². The minimum Gasteiger partial charge on any atom is -0.313 e. The van der Waals surface area contributed by atoms with E-state index < -0.39 is 0 Å². The van der Waals surface area contributed by atoms with Crippen LogP contribution in [0.15, 0.2) is 36.9 Å². The minimum absolute atomic E-state index is 0.673. The van der Waals surface area contributed by atoms with Gasteiger partial charge in [-0.05, 0) is 49.8 Å². The molecule has 1 aliphatic carbocycles. The van der Waals surface area contributed by atoms with E-state index in [9.17, 15) is 0 Å². The van der Waals surface area contributed by atoms with Gasteiger partial charge in [-0.1, -0.05) is 36.8 Å². The third kappa shape index (κ3) is 3.71. The predicted molar refractivity (Wildman–Crippen MR) is 74.3 cm³/mol. The van der Waals surface area contributed by atoms with E-state index in [1.54, 1.807) is 0 Å². The van der Waals surface area contributed by atoms with Crippen molar-refractivity contribution in [1.29, 1.82) is 0 Å². The summed E-state index contributed by atoms with van der Waals surface area (Å²) >= 11 is 0. The van der Waals surface area contributed by atoms with Crippen molar-refractivity contribution in [2.45, 2.75) is 44.6 Å². The van der Waals surface area contributed by atoms with E-state index in [0.29, 0.717) is 6.04 Å². The lowest BCUT2D eigenvalue weighted by Gasteiger charge is -2.11. The summed E-state index contributed by atoms with van der Waals surface area (Å²) in [4.78, 5) is 0. The van der Waals surface area contributed by atoms with E-state index >= 15 is 0 Å². The molecule has 0 spiro atoms. The van der Waals surface area contributed by atoms with Crippen LogP contribution in [-0.4, -0.2) is 12.6 Å². The van der Waals surface area contributed by atoms with Crippen LogP contribution in [0.25, 0.3) is 0 Å². The third-order valence-corrected chi connectivity index (χ3v) is 3.57. The molecule has 92 valence electrons. The molecule has 0 aromatic heterocycles. The zero-order valence-electron chi connectivity index (χ0n) is 10.6. The summed E-state index contributed by atoms with van der Waals surface area (Å²) < 4.78 is 0. The summed E-state index contributed by atoms with van der Waals surface area (Å²) in [6.45, 7) is 4.91. The second-order valence-corrected chi connectivity index (χ2v) is 4.97. The highest BCUT2D eigenvalue weighted by Gasteiger charge is 2.19. The van der Waals surface area contributed by atoms with E-state index in [4.69, 9.17) is 0 Å². The van der Waals surface area contributed by atoms with E-state index in [2.05, 4.69) is 36.2 Å². The lowest BCUT2D eigenvalue weighted by Crippen LogP contribution is -2.30. The summed E-state index contributed by atoms with van der Waals surface area (Å²) in [5.74, 6) is 0. The van der Waals surface area contributed by atoms with Crippen LogP contribution in [0.3, 0.4) is 0 Å². The molecule has 0 bridgehead atoms. The van der Waals surface area contributed by atoms with Crippen LogP contribution in [0, 0.1) is 0 Å². The van der Waals surface area contributed by atoms with Crippen molar-refractivity contribution in [2.24, 2.45) is 0 Å². The maximum Gasteiger partial charge on any atom is 0.0148 e. The molecule has 0 atom stereocenters. The van der Waals surface area contributed by atoms with Gasteiger partial charge in [0.25, 0.3) is 0 Å². The summed E-state index contributed by atoms with van der Waals surface area (Å²) in [6, 6.07) is 9.50. The van der Waals surface area contributed by atoms with Crippen LogP contribution < -0.4 is 5.32 Å². The van der Waals surface area contributed by atoms with Gasteiger partial charge in [-0.25, -0.2) is 0 Å². The van der Waals surface area contributed by atoms with Gasteiger partial charge < -0.3 is 5.32 Å². The average Bonchev–Trinajstić information content (AvgIpc) is 2.76. The van der Waals surface area contributed by atoms with E-state index in [-0.39, 0.29) is 0 Å². The van der Waals surface area contributed by atoms with Gasteiger partial charge in [-0.2, -0.15) is 0 Å². The molecule has 1 heteroatoms. The van der Waals surface area contributed by atoms with E-state index in [0.717, 1.165) is 13.0 Å². The standard InChI is InChI=1S/C16H23N/c1-2-3-4-5-8-11-17-16-12-14-9-6-7-10-15(14)13-16/h2,6-7,9-10,16-17H,1,3-5,8,11-13H2. The maximum absolute atomic E-state index is 3.75. The number of unbranched alkanes of at least 4 members (excludes halogenated alkanes) is 3. The summed E-state index contributed by atoms with van der Waals surface area (Å²) in [7, 11) is 0. The Labute approximate surface area is 105 Å². The van der Waals surface area contributed by atoms with E-state index in [1.807, 2.05) is 6.08 Å². The highest BCUT2D eigenvalue weighted by molar-refractivity contribution is 5.33. The molecule has 1 nitrogen and oxygen atoms in total. The third-order valence-electron chi connectivity index (χ3n) is 3.57. The van der Waals surface area contributed by atoms with Crippen molar-refractivity contribution >= 4 is 0 Å². The van der Waals surface area contributed by atoms with Gasteiger partial charge in [-0.3, -0.25) is 0 Å². The lowest BCUT2D eigenvalue weighted by molar-refractivity contribution is 0.510. The first-order valence-corrected chi connectivity index (χ1v) is 6.81. The fourth-order valence-corrected chi connectivity index (χ4v) is 2.60. The van der Waals surface area contributed by atoms with Crippen LogP contribution in [-0.2, 0) is 12.8 Å². The summed E-state index contributed by atoms with van der Waals surface area (Å²) in [6.07, 6.45) is 9.50. The van der Waals surface area contributed by atoms with Gasteiger partial charge >= 0.3 is 0 Å². The number of nitrogens with one attached hydrogen (secondary N) is 1. The topological polar surface area (TPSA) is 12.0 Å². The largest absolute Gasteiger partial charge is 0.313 e. The van der Waals surface area contributed by atoms with Crippen LogP contribution in [0.5, 0.6) is 0 Å². The second kappa shape index (κ2) is 6.61. The van der Waals surface area contributed by atoms with Crippen molar-refractivity contribution in [3.05, 3.63) is 48.0 Å². The number of allylic oxidation sites excluding steroid dienone is 1. The normalized spacial score (nSPS) is 14.8. The predicted octanol–water partition coefficient (Wildman–Crippen LogP) is 3.49. The van der Waals surface area contributed by atoms with Gasteiger partial charge in [0.15, 0.2) is 0 Å². The SMILES string of the molecule is C=CCCCCCNC1Cc2ccccc2C1. The molecule has 0 heterocycles. The van der Waals surface area contributed by atoms with Crippen molar-refractivity contribution in [2.75, 3.05) is 6.54 Å². The molecular weight excluding hydrogens is 206 g/mol. The summed E-state index contributed by atoms with van der Waals surface area (Å²) in [5, 5.41) is 3.68. The van der Waals surface area contributed by atoms with E-state index in [1.165, 1.54) is 43.2 Å². The van der Waals surface area contributed by atoms with Crippen molar-refractivity contribution in [3.8, 4) is 0 Å². The van der Waals surface area contributed by atoms with Crippen LogP contribution in [0.1, 0.15) is 36.8 Å². The monoisotopic (exact) mass is 229 g/mol. The van der Waals surface area contributed by atoms with Crippen LogP contribution in [0.4, 0.5) is 0 Å². The molecule has 0 saturated carbocycles. The van der Waals surface area contributed by atoms with Crippen molar-refractivity contribution < 1.29 is 0 Å². The first-order chi connectivity index (χ1) is 8.40. The maximum atomic E-state index is 3.75. The Bertz CT molecular complexity index is 331. The molecule has 0 amide bonds. The second-order valence-electron chi connectivity index (χ2n) is 4.97. The number of benzene rings is 1. The van der Waals surface area contributed by atoms with Crippen molar-refractivity contribution in [1.82, 2.24) is 5.32 Å². The molecule has 17 heavy (non-hydrogen) atoms. The van der Waals surface area contributed by atoms with Gasteiger partial charge in [0, 0.05) is 6.04 Å². The molecule has 1 N–H and O–H groups in total. The Morgan fingerprint density at radius 3 is 2.47 bits per heavy atom. The zero-order valence-corrected chi connectivity index (χ0v) is 10.6. The smallest absolute Gasteiger partial charge is 0.0148 e. The molecule has 2 rings (SSSR count). The number of hydrogen-bond donors (Lipinski definition) is 1. The molecule has 1 aliphatic rings. The highest BCUT2D eigenvalue weighted by atomic mass is 14.9. The molecule has 0 unspecified atom stereocenters. The Morgan fingerprint density at radius 2 is 1.82 bits per heavy atom. The molecule has 0 radical (unpaired) electrons. The number of fused-ring (bicyclic) bond motifs is 1. The Morgan fingerprint density at radius 1 is 1.12 bits per heavy atom. The Balaban J connectivity index is 1.62. The average molecular weight is 229 g/mol. The van der Waals surface area contributed by atoms with Gasteiger partial charge in [0.1, 0.15) is 0 Å². The Kier molecular flexibility index (Phi) is 4.81. The molecule has 0 saturated heterocycles. The van der Waals surface area contributed by atoms with Gasteiger partial charge in [0.05, 0.1) is 0 Å². The number of hydrogen-bond acceptors (Lipinski definition) is 1. The zero-order chi connectivity index (χ0) is 11.9. The molecule has 1 aromatic rings. The van der Waals surface area contributed by atoms with Crippen LogP contribution in [0.2, 0.25) is 0 Å².